The maximum Gasteiger partial charge on any atom is 0.178 e. The van der Waals surface area contributed by atoms with Gasteiger partial charge in [0.15, 0.2) is 5.78 Å². The number of nitrogens with two attached hydrogens (primary N) is 1. The summed E-state index contributed by atoms with van der Waals surface area (Å²) in [5, 5.41) is 0. The van der Waals surface area contributed by atoms with Crippen LogP contribution in [-0.4, -0.2) is 9.98 Å². The summed E-state index contributed by atoms with van der Waals surface area (Å²) in [5.41, 5.74) is 8.72. The molecule has 0 amide bonds. The number of carbonyl (C=O) groups is 1. The summed E-state index contributed by atoms with van der Waals surface area (Å²) >= 11 is 11.3. The molecule has 0 bridgehead atoms. The van der Waals surface area contributed by atoms with Crippen LogP contribution in [0.5, 0.6) is 0 Å². The van der Waals surface area contributed by atoms with Crippen LogP contribution in [0.3, 0.4) is 0 Å². The van der Waals surface area contributed by atoms with E-state index in [0.29, 0.717) is 20.5 Å². The summed E-state index contributed by atoms with van der Waals surface area (Å²) < 4.78 is 4.50. The number of anilines is 1. The number of hydrogen-bond donors (Lipinski definition) is 1. The summed E-state index contributed by atoms with van der Waals surface area (Å²) in [4.78, 5) is 12.6. The van der Waals surface area contributed by atoms with Gasteiger partial charge >= 0.3 is 0 Å². The second kappa shape index (κ2) is 5.48. The minimum Gasteiger partial charge on any atom is -0.397 e. The topological polar surface area (TPSA) is 55.5 Å². The Balaban J connectivity index is 2.50. The lowest BCUT2D eigenvalue weighted by molar-refractivity contribution is -0.115. The molecule has 1 fully saturated rings. The highest BCUT2D eigenvalue weighted by Crippen LogP contribution is 2.38. The van der Waals surface area contributed by atoms with Crippen LogP contribution in [0.2, 0.25) is 0 Å². The minimum absolute atomic E-state index is 0.0458. The molecule has 1 aromatic carbocycles. The van der Waals surface area contributed by atoms with E-state index in [1.54, 1.807) is 6.08 Å². The number of Topliss-reactive ketones (excluding diaryl/α,β-unsaturated/α-hetero) is 1. The first kappa shape index (κ1) is 14.3. The molecule has 3 nitrogen and oxygen atoms in total. The lowest BCUT2D eigenvalue weighted by Gasteiger charge is -2.07. The molecule has 98 valence electrons. The second-order valence-corrected chi connectivity index (χ2v) is 6.31. The summed E-state index contributed by atoms with van der Waals surface area (Å²) in [5.74, 6) is -0.164. The van der Waals surface area contributed by atoms with Gasteiger partial charge in [0.25, 0.3) is 0 Å². The Morgan fingerprint density at radius 3 is 2.68 bits per heavy atom. The number of rotatable bonds is 2. The molecule has 2 rings (SSSR count). The number of thioether (sulfide) groups is 1. The summed E-state index contributed by atoms with van der Waals surface area (Å²) in [7, 11) is 0. The van der Waals surface area contributed by atoms with Crippen molar-refractivity contribution in [3.05, 3.63) is 28.2 Å². The zero-order valence-electron chi connectivity index (χ0n) is 10.5. The molecule has 1 saturated heterocycles. The average molecular weight is 308 g/mol. The molecule has 0 aromatic heterocycles. The Morgan fingerprint density at radius 1 is 1.47 bits per heavy atom. The van der Waals surface area contributed by atoms with Gasteiger partial charge in [0, 0.05) is 18.0 Å². The average Bonchev–Trinajstić information content (AvgIpc) is 2.62. The zero-order chi connectivity index (χ0) is 14.2. The van der Waals surface area contributed by atoms with Crippen LogP contribution < -0.4 is 5.73 Å². The third-order valence-corrected chi connectivity index (χ3v) is 4.92. The molecule has 2 N–H and O–H groups in total. The number of nitrogen functional groups attached to an aromatic ring is 1. The van der Waals surface area contributed by atoms with E-state index in [1.807, 2.05) is 26.0 Å². The number of hydrogen-bond acceptors (Lipinski definition) is 6. The predicted octanol–water partition coefficient (Wildman–Crippen LogP) is 3.56. The van der Waals surface area contributed by atoms with Gasteiger partial charge in [-0.2, -0.15) is 4.36 Å². The molecule has 0 radical (unpaired) electrons. The van der Waals surface area contributed by atoms with Crippen LogP contribution in [0.15, 0.2) is 21.4 Å². The lowest BCUT2D eigenvalue weighted by atomic mass is 10.0. The van der Waals surface area contributed by atoms with Crippen LogP contribution in [-0.2, 0) is 17.2 Å². The number of nitrogens with zero attached hydrogens (tertiary/aromatic N) is 1. The van der Waals surface area contributed by atoms with E-state index in [4.69, 9.17) is 30.4 Å². The van der Waals surface area contributed by atoms with Crippen molar-refractivity contribution >= 4 is 63.8 Å². The van der Waals surface area contributed by atoms with Crippen LogP contribution in [0.25, 0.3) is 6.08 Å². The standard InChI is InChI=1S/C13H12N2OS3/c1-6-3-4-8(11(15-18)10(6)14)5-9-12(16)7(2)13(17)19-9/h3-5,7H,14H2,1-2H3/b9-5-/t7-/m0/s1. The first-order valence-electron chi connectivity index (χ1n) is 5.65. The highest BCUT2D eigenvalue weighted by molar-refractivity contribution is 8.27. The Bertz CT molecular complexity index is 623. The van der Waals surface area contributed by atoms with Gasteiger partial charge in [-0.3, -0.25) is 4.79 Å². The van der Waals surface area contributed by atoms with Crippen molar-refractivity contribution in [2.75, 3.05) is 5.73 Å². The monoisotopic (exact) mass is 308 g/mol. The van der Waals surface area contributed by atoms with Gasteiger partial charge in [-0.05, 0) is 25.5 Å². The molecule has 1 aliphatic rings. The number of aryl methyl sites for hydroxylation is 1. The van der Waals surface area contributed by atoms with Crippen molar-refractivity contribution in [2.45, 2.75) is 13.8 Å². The summed E-state index contributed by atoms with van der Waals surface area (Å²) in [6.45, 7) is 3.71. The fraction of sp³-hybridized carbons (Fsp3) is 0.231. The van der Waals surface area contributed by atoms with E-state index >= 15 is 0 Å². The van der Waals surface area contributed by atoms with Crippen LogP contribution in [0, 0.1) is 12.8 Å². The van der Waals surface area contributed by atoms with Gasteiger partial charge in [-0.1, -0.05) is 36.1 Å². The zero-order valence-corrected chi connectivity index (χ0v) is 12.9. The Kier molecular flexibility index (Phi) is 4.13. The van der Waals surface area contributed by atoms with Gasteiger partial charge in [0.2, 0.25) is 0 Å². The van der Waals surface area contributed by atoms with E-state index in [-0.39, 0.29) is 11.7 Å². The fourth-order valence-corrected chi connectivity index (χ4v) is 3.30. The quantitative estimate of drug-likeness (QED) is 0.514. The Hall–Kier alpha value is -1.11. The summed E-state index contributed by atoms with van der Waals surface area (Å²) in [6.07, 6.45) is 1.77. The Labute approximate surface area is 126 Å². The second-order valence-electron chi connectivity index (χ2n) is 4.34. The number of thiocarbonyl (C=S) groups is 1. The van der Waals surface area contributed by atoms with E-state index in [9.17, 15) is 4.79 Å². The third kappa shape index (κ3) is 2.61. The molecule has 1 aliphatic heterocycles. The van der Waals surface area contributed by atoms with Crippen LogP contribution in [0.1, 0.15) is 18.1 Å². The Morgan fingerprint density at radius 2 is 2.16 bits per heavy atom. The number of benzene rings is 1. The first-order valence-corrected chi connectivity index (χ1v) is 7.24. The van der Waals surface area contributed by atoms with Crippen molar-refractivity contribution in [3.63, 3.8) is 0 Å². The van der Waals surface area contributed by atoms with Gasteiger partial charge in [0.1, 0.15) is 5.69 Å². The normalized spacial score (nSPS) is 21.2. The molecule has 0 spiro atoms. The maximum atomic E-state index is 12.0. The summed E-state index contributed by atoms with van der Waals surface area (Å²) in [6, 6.07) is 3.75. The predicted molar refractivity (Wildman–Crippen MR) is 87.4 cm³/mol. The highest BCUT2D eigenvalue weighted by atomic mass is 32.2. The van der Waals surface area contributed by atoms with Crippen molar-refractivity contribution in [3.8, 4) is 0 Å². The smallest absolute Gasteiger partial charge is 0.178 e. The van der Waals surface area contributed by atoms with Crippen LogP contribution in [0.4, 0.5) is 11.4 Å². The number of carbonyl (C=O) groups excluding carboxylic acids is 1. The van der Waals surface area contributed by atoms with Crippen molar-refractivity contribution in [2.24, 2.45) is 10.3 Å². The maximum absolute atomic E-state index is 12.0. The molecule has 0 aliphatic carbocycles. The largest absolute Gasteiger partial charge is 0.397 e. The van der Waals surface area contributed by atoms with Gasteiger partial charge in [-0.25, -0.2) is 0 Å². The number of allylic oxidation sites excluding steroid dienone is 1. The van der Waals surface area contributed by atoms with Gasteiger partial charge < -0.3 is 5.73 Å². The first-order chi connectivity index (χ1) is 8.95. The fourth-order valence-electron chi connectivity index (χ4n) is 1.75. The molecular formula is C13H12N2OS3. The molecule has 1 atom stereocenters. The molecule has 0 unspecified atom stereocenters. The highest BCUT2D eigenvalue weighted by Gasteiger charge is 2.31. The van der Waals surface area contributed by atoms with E-state index in [2.05, 4.69) is 4.36 Å². The molecule has 1 aromatic rings. The molecule has 0 saturated carbocycles. The van der Waals surface area contributed by atoms with E-state index in [1.165, 1.54) is 11.8 Å². The molecule has 6 heteroatoms. The van der Waals surface area contributed by atoms with Crippen LogP contribution >= 0.6 is 24.0 Å². The van der Waals surface area contributed by atoms with Gasteiger partial charge in [0.05, 0.1) is 20.7 Å². The molecular weight excluding hydrogens is 296 g/mol. The van der Waals surface area contributed by atoms with Gasteiger partial charge in [-0.15, -0.1) is 0 Å². The SMILES string of the molecule is Cc1ccc(/C=C2\SC(=S)[C@@H](C)C2=O)c(N=S)c1N. The minimum atomic E-state index is -0.210. The van der Waals surface area contributed by atoms with Crippen molar-refractivity contribution in [1.82, 2.24) is 0 Å². The van der Waals surface area contributed by atoms with Crippen molar-refractivity contribution in [1.29, 1.82) is 0 Å². The number of ketones is 1. The lowest BCUT2D eigenvalue weighted by Crippen LogP contribution is -2.07. The van der Waals surface area contributed by atoms with E-state index < -0.39 is 0 Å². The molecule has 19 heavy (non-hydrogen) atoms. The van der Waals surface area contributed by atoms with E-state index in [0.717, 1.165) is 11.1 Å². The van der Waals surface area contributed by atoms with Crippen molar-refractivity contribution < 1.29 is 4.79 Å². The third-order valence-electron chi connectivity index (χ3n) is 3.04. The molecule has 1 heterocycles.